The largest absolute Gasteiger partial charge is 0.308 e. The van der Waals surface area contributed by atoms with E-state index in [-0.39, 0.29) is 0 Å². The van der Waals surface area contributed by atoms with Crippen LogP contribution in [0.2, 0.25) is 0 Å². The van der Waals surface area contributed by atoms with Gasteiger partial charge in [0.1, 0.15) is 0 Å². The van der Waals surface area contributed by atoms with Gasteiger partial charge in [-0.2, -0.15) is 0 Å². The van der Waals surface area contributed by atoms with Crippen molar-refractivity contribution in [3.63, 3.8) is 0 Å². The third-order valence-corrected chi connectivity index (χ3v) is 27.1. The minimum atomic E-state index is 1.22. The second-order valence-electron chi connectivity index (χ2n) is 34.4. The van der Waals surface area contributed by atoms with Crippen molar-refractivity contribution < 1.29 is 0 Å². The van der Waals surface area contributed by atoms with E-state index in [2.05, 4.69) is 458 Å². The van der Waals surface area contributed by atoms with Crippen molar-refractivity contribution >= 4 is 179 Å². The summed E-state index contributed by atoms with van der Waals surface area (Å²) >= 11 is 0. The van der Waals surface area contributed by atoms with E-state index in [4.69, 9.17) is 0 Å². The van der Waals surface area contributed by atoms with E-state index >= 15 is 0 Å². The molecular formula is C122H77N3. The van der Waals surface area contributed by atoms with Crippen LogP contribution in [-0.2, 0) is 0 Å². The highest BCUT2D eigenvalue weighted by atomic mass is 14.9. The molecule has 0 spiro atoms. The first-order valence-electron chi connectivity index (χ1n) is 43.5. The van der Waals surface area contributed by atoms with E-state index in [0.717, 1.165) is 0 Å². The van der Waals surface area contributed by atoms with Crippen LogP contribution in [0, 0.1) is 13.8 Å². The van der Waals surface area contributed by atoms with Gasteiger partial charge in [0, 0.05) is 64.6 Å². The standard InChI is InChI=1S/C44H27N.2C39H25N/c1-3-11-28(12-4-1)34-19-20-36(37(21-34)29-13-5-2-6-14-29)35-24-40-38-22-30-15-7-9-17-32(30)26-42(38)45-43-27-33-18-10-8-16-31(33)23-39(43)41(25-35)44(40)45;1-24-15-30(25-9-3-2-4-10-25)17-31(16-24)32-20-35-33-18-26-11-5-7-13-28(26)22-37(33)40-38-23-29-14-8-6-12-27(29)19-34(38)36(21-32)39(35)40;1-24-15-16-30(25-9-3-2-4-10-25)17-32(24)31-20-35-33-18-26-11-5-7-13-28(26)22-37(33)40-38-23-29-14-8-6-12-27(29)19-34(38)36(21-31)39(35)40/h1-27H;2*2-23H,1H3. The Morgan fingerprint density at radius 1 is 0.136 bits per heavy atom. The monoisotopic (exact) mass is 1580 g/mol. The van der Waals surface area contributed by atoms with Crippen LogP contribution in [0.25, 0.3) is 257 Å². The summed E-state index contributed by atoms with van der Waals surface area (Å²) < 4.78 is 7.52. The molecule has 0 bridgehead atoms. The van der Waals surface area contributed by atoms with Gasteiger partial charge in [0.2, 0.25) is 0 Å². The normalized spacial score (nSPS) is 12.1. The van der Waals surface area contributed by atoms with Gasteiger partial charge in [-0.05, 0) is 295 Å². The average molecular weight is 1580 g/mol. The molecule has 0 N–H and O–H groups in total. The smallest absolute Gasteiger partial charge is 0.0620 e. The fraction of sp³-hybridized carbons (Fsp3) is 0.0164. The van der Waals surface area contributed by atoms with Gasteiger partial charge in [-0.15, -0.1) is 0 Å². The van der Waals surface area contributed by atoms with Crippen molar-refractivity contribution in [2.75, 3.05) is 0 Å². The number of hydrogen-bond acceptors (Lipinski definition) is 0. The highest BCUT2D eigenvalue weighted by molar-refractivity contribution is 6.31. The van der Waals surface area contributed by atoms with E-state index in [1.165, 1.54) is 268 Å². The van der Waals surface area contributed by atoms with Gasteiger partial charge in [-0.25, -0.2) is 0 Å². The molecule has 28 aromatic rings. The summed E-state index contributed by atoms with van der Waals surface area (Å²) in [5, 5.41) is 31.0. The molecule has 0 fully saturated rings. The highest BCUT2D eigenvalue weighted by Crippen LogP contribution is 2.50. The maximum absolute atomic E-state index is 2.51. The van der Waals surface area contributed by atoms with Crippen LogP contribution in [-0.4, -0.2) is 13.2 Å². The van der Waals surface area contributed by atoms with Crippen molar-refractivity contribution in [1.29, 1.82) is 0 Å². The number of aromatic nitrogens is 3. The van der Waals surface area contributed by atoms with Gasteiger partial charge < -0.3 is 13.2 Å². The van der Waals surface area contributed by atoms with Crippen molar-refractivity contribution in [3.8, 4) is 77.9 Å². The van der Waals surface area contributed by atoms with Crippen LogP contribution in [0.1, 0.15) is 11.1 Å². The molecule has 0 aliphatic carbocycles. The molecule has 0 saturated carbocycles. The summed E-state index contributed by atoms with van der Waals surface area (Å²) in [7, 11) is 0. The highest BCUT2D eigenvalue weighted by Gasteiger charge is 2.26. The molecule has 6 aromatic heterocycles. The minimum Gasteiger partial charge on any atom is -0.308 e. The SMILES string of the molecule is Cc1cc(-c2ccccc2)cc(-c2cc3c4cc5ccccc5cc4n4c5cc6ccccc6cc5c(c2)c34)c1.Cc1ccc(-c2ccccc2)cc1-c1cc2c3cc4ccccc4cc3n3c4cc5ccccc5cc4c(c1)c23.c1ccc(-c2ccc(-c3cc4c5cc6ccccc6cc5n5c6cc7ccccc7cc6c(c3)c45)c(-c3ccccc3)c2)cc1. The van der Waals surface area contributed by atoms with Crippen LogP contribution >= 0.6 is 0 Å². The Morgan fingerprint density at radius 2 is 0.368 bits per heavy atom. The molecule has 0 atom stereocenters. The molecule has 0 aliphatic rings. The van der Waals surface area contributed by atoms with Gasteiger partial charge in [-0.1, -0.05) is 303 Å². The second-order valence-corrected chi connectivity index (χ2v) is 34.4. The zero-order valence-corrected chi connectivity index (χ0v) is 68.8. The molecule has 0 unspecified atom stereocenters. The molecule has 0 saturated heterocycles. The lowest BCUT2D eigenvalue weighted by Crippen LogP contribution is -1.88. The lowest BCUT2D eigenvalue weighted by molar-refractivity contribution is 1.38. The number of rotatable bonds is 7. The quantitative estimate of drug-likeness (QED) is 0.151. The van der Waals surface area contributed by atoms with Crippen LogP contribution in [0.3, 0.4) is 0 Å². The number of nitrogens with zero attached hydrogens (tertiary/aromatic N) is 3. The van der Waals surface area contributed by atoms with Crippen LogP contribution in [0.15, 0.2) is 431 Å². The summed E-state index contributed by atoms with van der Waals surface area (Å²) in [6.07, 6.45) is 0. The first kappa shape index (κ1) is 70.6. The second kappa shape index (κ2) is 27.7. The molecule has 580 valence electrons. The first-order chi connectivity index (χ1) is 61.7. The Balaban J connectivity index is 0.000000100. The maximum atomic E-state index is 2.51. The molecular weight excluding hydrogens is 1510 g/mol. The molecule has 22 aromatic carbocycles. The van der Waals surface area contributed by atoms with Gasteiger partial charge in [0.15, 0.2) is 0 Å². The van der Waals surface area contributed by atoms with E-state index < -0.39 is 0 Å². The van der Waals surface area contributed by atoms with E-state index in [0.29, 0.717) is 0 Å². The van der Waals surface area contributed by atoms with Gasteiger partial charge in [0.25, 0.3) is 0 Å². The first-order valence-corrected chi connectivity index (χ1v) is 43.5. The third kappa shape index (κ3) is 11.2. The predicted octanol–water partition coefficient (Wildman–Crippen LogP) is 33.7. The van der Waals surface area contributed by atoms with Crippen molar-refractivity contribution in [3.05, 3.63) is 442 Å². The van der Waals surface area contributed by atoms with E-state index in [9.17, 15) is 0 Å². The Kier molecular flexibility index (Phi) is 15.6. The van der Waals surface area contributed by atoms with Crippen LogP contribution < -0.4 is 0 Å². The summed E-state index contributed by atoms with van der Waals surface area (Å²) in [4.78, 5) is 0. The fourth-order valence-electron chi connectivity index (χ4n) is 21.2. The average Bonchev–Trinajstić information content (AvgIpc) is 1.54. The van der Waals surface area contributed by atoms with Gasteiger partial charge in [0.05, 0.1) is 49.7 Å². The summed E-state index contributed by atoms with van der Waals surface area (Å²) in [5.74, 6) is 0. The molecule has 0 aliphatic heterocycles. The Hall–Kier alpha value is -16.2. The van der Waals surface area contributed by atoms with Crippen molar-refractivity contribution in [1.82, 2.24) is 13.2 Å². The fourth-order valence-corrected chi connectivity index (χ4v) is 21.2. The lowest BCUT2D eigenvalue weighted by Gasteiger charge is -2.14. The molecule has 6 heterocycles. The lowest BCUT2D eigenvalue weighted by atomic mass is 9.89. The molecule has 0 amide bonds. The molecule has 125 heavy (non-hydrogen) atoms. The minimum absolute atomic E-state index is 1.22. The van der Waals surface area contributed by atoms with E-state index in [1.807, 2.05) is 0 Å². The Morgan fingerprint density at radius 3 is 0.680 bits per heavy atom. The van der Waals surface area contributed by atoms with Crippen LogP contribution in [0.5, 0.6) is 0 Å². The zero-order valence-electron chi connectivity index (χ0n) is 68.8. The number of hydrogen-bond donors (Lipinski definition) is 0. The van der Waals surface area contributed by atoms with Crippen molar-refractivity contribution in [2.24, 2.45) is 0 Å². The number of aryl methyl sites for hydroxylation is 2. The summed E-state index contributed by atoms with van der Waals surface area (Å²) in [5.41, 5.74) is 31.6. The topological polar surface area (TPSA) is 13.2 Å². The Bertz CT molecular complexity index is 8920. The molecule has 3 nitrogen and oxygen atoms in total. The van der Waals surface area contributed by atoms with Crippen molar-refractivity contribution in [2.45, 2.75) is 13.8 Å². The molecule has 28 rings (SSSR count). The van der Waals surface area contributed by atoms with E-state index in [1.54, 1.807) is 0 Å². The number of fused-ring (bicyclic) bond motifs is 24. The van der Waals surface area contributed by atoms with Gasteiger partial charge in [-0.3, -0.25) is 0 Å². The third-order valence-electron chi connectivity index (χ3n) is 27.1. The predicted molar refractivity (Wildman–Crippen MR) is 536 cm³/mol. The maximum Gasteiger partial charge on any atom is 0.0620 e. The van der Waals surface area contributed by atoms with Gasteiger partial charge >= 0.3 is 0 Å². The number of benzene rings is 22. The zero-order chi connectivity index (χ0) is 82.2. The summed E-state index contributed by atoms with van der Waals surface area (Å²) in [6.45, 7) is 4.43. The molecule has 3 heteroatoms. The molecule has 0 radical (unpaired) electrons. The summed E-state index contributed by atoms with van der Waals surface area (Å²) in [6, 6.07) is 159. The van der Waals surface area contributed by atoms with Crippen LogP contribution in [0.4, 0.5) is 0 Å². The Labute approximate surface area is 720 Å².